The molecular weight excluding hydrogens is 462 g/mol. The van der Waals surface area contributed by atoms with Crippen molar-refractivity contribution in [1.29, 1.82) is 0 Å². The molecule has 2 fully saturated rings. The topological polar surface area (TPSA) is 37.4 Å². The van der Waals surface area contributed by atoms with Gasteiger partial charge < -0.3 is 24.0 Å². The fourth-order valence-corrected chi connectivity index (χ4v) is 7.05. The highest BCUT2D eigenvalue weighted by Crippen LogP contribution is 2.54. The van der Waals surface area contributed by atoms with Crippen LogP contribution in [0, 0.1) is 5.92 Å². The Balaban J connectivity index is 1.41. The van der Waals surface area contributed by atoms with Crippen LogP contribution in [0.4, 0.5) is 5.69 Å². The third-order valence-corrected chi connectivity index (χ3v) is 8.89. The van der Waals surface area contributed by atoms with Crippen LogP contribution in [0.3, 0.4) is 0 Å². The second-order valence-corrected chi connectivity index (χ2v) is 10.8. The Bertz CT molecular complexity index is 1180. The molecule has 35 heavy (non-hydrogen) atoms. The highest BCUT2D eigenvalue weighted by molar-refractivity contribution is 6.13. The summed E-state index contributed by atoms with van der Waals surface area (Å²) >= 11 is 6.34. The summed E-state index contributed by atoms with van der Waals surface area (Å²) in [6.07, 6.45) is 8.64. The van der Waals surface area contributed by atoms with Gasteiger partial charge in [0, 0.05) is 49.5 Å². The van der Waals surface area contributed by atoms with Gasteiger partial charge in [0.1, 0.15) is 5.75 Å². The maximum absolute atomic E-state index is 6.34. The maximum atomic E-state index is 6.34. The summed E-state index contributed by atoms with van der Waals surface area (Å²) in [5.74, 6) is 3.37. The van der Waals surface area contributed by atoms with Crippen molar-refractivity contribution in [3.63, 3.8) is 0 Å². The molecule has 0 unspecified atom stereocenters. The summed E-state index contributed by atoms with van der Waals surface area (Å²) in [7, 11) is 1.80. The van der Waals surface area contributed by atoms with E-state index in [0.29, 0.717) is 18.8 Å². The molecule has 2 aromatic rings. The van der Waals surface area contributed by atoms with Gasteiger partial charge >= 0.3 is 0 Å². The molecular formula is C28H32ClN3O3. The summed E-state index contributed by atoms with van der Waals surface area (Å²) in [5.41, 5.74) is 8.03. The lowest BCUT2D eigenvalue weighted by Crippen LogP contribution is -2.44. The van der Waals surface area contributed by atoms with Crippen LogP contribution in [0.15, 0.2) is 24.3 Å². The van der Waals surface area contributed by atoms with Crippen molar-refractivity contribution in [2.24, 2.45) is 5.92 Å². The normalized spacial score (nSPS) is 23.6. The first kappa shape index (κ1) is 21.7. The van der Waals surface area contributed by atoms with Crippen LogP contribution in [-0.4, -0.2) is 55.9 Å². The molecule has 4 heterocycles. The Morgan fingerprint density at radius 3 is 2.51 bits per heavy atom. The Morgan fingerprint density at radius 1 is 0.971 bits per heavy atom. The van der Waals surface area contributed by atoms with Gasteiger partial charge in [0.25, 0.3) is 0 Å². The van der Waals surface area contributed by atoms with Crippen LogP contribution < -0.4 is 19.1 Å². The Hall–Kier alpha value is -2.57. The molecule has 7 heteroatoms. The SMILES string of the molecule is COc1ccc2c(c1N1CCN(Cl)CC1)[C@H](C1CCCC1)N1CCc3cc4c(cc3C1=C2)OCO4. The largest absolute Gasteiger partial charge is 0.495 e. The summed E-state index contributed by atoms with van der Waals surface area (Å²) in [4.78, 5) is 5.21. The number of rotatable bonds is 3. The van der Waals surface area contributed by atoms with Crippen molar-refractivity contribution >= 4 is 29.2 Å². The molecule has 1 saturated heterocycles. The van der Waals surface area contributed by atoms with Gasteiger partial charge in [-0.05, 0) is 72.4 Å². The molecule has 5 aliphatic rings. The van der Waals surface area contributed by atoms with Gasteiger partial charge in [0.15, 0.2) is 11.5 Å². The number of benzene rings is 2. The number of hydrogen-bond donors (Lipinski definition) is 0. The van der Waals surface area contributed by atoms with E-state index in [0.717, 1.165) is 56.4 Å². The zero-order chi connectivity index (χ0) is 23.5. The molecule has 0 N–H and O–H groups in total. The number of halogens is 1. The third-order valence-electron chi connectivity index (χ3n) is 8.55. The number of anilines is 1. The minimum Gasteiger partial charge on any atom is -0.495 e. The van der Waals surface area contributed by atoms with E-state index in [4.69, 9.17) is 26.0 Å². The Morgan fingerprint density at radius 2 is 1.74 bits per heavy atom. The van der Waals surface area contributed by atoms with E-state index >= 15 is 0 Å². The maximum Gasteiger partial charge on any atom is 0.231 e. The second kappa shape index (κ2) is 8.52. The van der Waals surface area contributed by atoms with Gasteiger partial charge in [0.2, 0.25) is 6.79 Å². The van der Waals surface area contributed by atoms with Gasteiger partial charge in [-0.3, -0.25) is 0 Å². The fraction of sp³-hybridized carbons (Fsp3) is 0.500. The Kier molecular flexibility index (Phi) is 5.28. The molecule has 1 aliphatic carbocycles. The molecule has 0 radical (unpaired) electrons. The summed E-state index contributed by atoms with van der Waals surface area (Å²) in [6.45, 7) is 4.87. The van der Waals surface area contributed by atoms with Gasteiger partial charge in [-0.15, -0.1) is 0 Å². The van der Waals surface area contributed by atoms with E-state index in [9.17, 15) is 0 Å². The fourth-order valence-electron chi connectivity index (χ4n) is 6.90. The lowest BCUT2D eigenvalue weighted by molar-refractivity contribution is 0.174. The highest BCUT2D eigenvalue weighted by Gasteiger charge is 2.41. The van der Waals surface area contributed by atoms with Gasteiger partial charge in [0.05, 0.1) is 18.8 Å². The lowest BCUT2D eigenvalue weighted by atomic mass is 9.79. The average Bonchev–Trinajstić information content (AvgIpc) is 3.58. The van der Waals surface area contributed by atoms with E-state index in [1.54, 1.807) is 7.11 Å². The molecule has 0 aromatic heterocycles. The second-order valence-electron chi connectivity index (χ2n) is 10.3. The zero-order valence-corrected chi connectivity index (χ0v) is 21.0. The molecule has 1 atom stereocenters. The monoisotopic (exact) mass is 493 g/mol. The summed E-state index contributed by atoms with van der Waals surface area (Å²) < 4.78 is 19.3. The molecule has 6 nitrogen and oxygen atoms in total. The molecule has 4 aliphatic heterocycles. The Labute approximate surface area is 212 Å². The highest BCUT2D eigenvalue weighted by atomic mass is 35.5. The van der Waals surface area contributed by atoms with Crippen molar-refractivity contribution in [2.75, 3.05) is 51.5 Å². The number of ether oxygens (including phenoxy) is 3. The molecule has 184 valence electrons. The number of hydrogen-bond acceptors (Lipinski definition) is 6. The molecule has 2 aromatic carbocycles. The zero-order valence-electron chi connectivity index (χ0n) is 20.3. The van der Waals surface area contributed by atoms with E-state index < -0.39 is 0 Å². The number of methoxy groups -OCH3 is 1. The van der Waals surface area contributed by atoms with Crippen LogP contribution in [0.5, 0.6) is 17.2 Å². The lowest BCUT2D eigenvalue weighted by Gasteiger charge is -2.47. The van der Waals surface area contributed by atoms with Crippen molar-refractivity contribution in [3.05, 3.63) is 46.5 Å². The van der Waals surface area contributed by atoms with E-state index in [1.807, 2.05) is 4.42 Å². The molecule has 0 spiro atoms. The predicted octanol–water partition coefficient (Wildman–Crippen LogP) is 5.30. The third kappa shape index (κ3) is 3.48. The first-order chi connectivity index (χ1) is 17.2. The van der Waals surface area contributed by atoms with Crippen molar-refractivity contribution in [2.45, 2.75) is 38.1 Å². The molecule has 0 amide bonds. The van der Waals surface area contributed by atoms with Crippen LogP contribution in [0.25, 0.3) is 11.8 Å². The van der Waals surface area contributed by atoms with Crippen LogP contribution in [-0.2, 0) is 6.42 Å². The van der Waals surface area contributed by atoms with Crippen molar-refractivity contribution < 1.29 is 14.2 Å². The minimum absolute atomic E-state index is 0.313. The smallest absolute Gasteiger partial charge is 0.231 e. The molecule has 7 rings (SSSR count). The van der Waals surface area contributed by atoms with Gasteiger partial charge in [-0.1, -0.05) is 18.9 Å². The number of fused-ring (bicyclic) bond motifs is 5. The van der Waals surface area contributed by atoms with Crippen molar-refractivity contribution in [1.82, 2.24) is 9.32 Å². The van der Waals surface area contributed by atoms with E-state index in [2.05, 4.69) is 40.1 Å². The van der Waals surface area contributed by atoms with Gasteiger partial charge in [-0.25, -0.2) is 4.42 Å². The standard InChI is InChI=1S/C28H32ClN3O3/c1-33-23-7-6-20-14-22-21-16-25-24(34-17-35-25)15-19(21)8-9-32(22)27(18-4-2-3-5-18)26(20)28(23)30-10-12-31(29)13-11-30/h6-7,14-16,18,27H,2-5,8-13,17H2,1H3/t27-/m0/s1. The summed E-state index contributed by atoms with van der Waals surface area (Å²) in [5, 5.41) is 0. The average molecular weight is 494 g/mol. The van der Waals surface area contributed by atoms with Gasteiger partial charge in [-0.2, -0.15) is 0 Å². The number of nitrogens with zero attached hydrogens (tertiary/aromatic N) is 3. The molecule has 0 bridgehead atoms. The van der Waals surface area contributed by atoms with Crippen LogP contribution in [0.2, 0.25) is 0 Å². The van der Waals surface area contributed by atoms with Crippen LogP contribution in [0.1, 0.15) is 54.0 Å². The molecule has 1 saturated carbocycles. The first-order valence-corrected chi connectivity index (χ1v) is 13.3. The quantitative estimate of drug-likeness (QED) is 0.540. The number of piperazine rings is 1. The summed E-state index contributed by atoms with van der Waals surface area (Å²) in [6, 6.07) is 9.18. The van der Waals surface area contributed by atoms with E-state index in [1.165, 1.54) is 59.3 Å². The first-order valence-electron chi connectivity index (χ1n) is 13.0. The van der Waals surface area contributed by atoms with E-state index in [-0.39, 0.29) is 0 Å². The van der Waals surface area contributed by atoms with Crippen LogP contribution >= 0.6 is 11.8 Å². The van der Waals surface area contributed by atoms with Crippen molar-refractivity contribution in [3.8, 4) is 17.2 Å². The predicted molar refractivity (Wildman–Crippen MR) is 138 cm³/mol. The minimum atomic E-state index is 0.313.